The number of aryl methyl sites for hydroxylation is 3. The van der Waals surface area contributed by atoms with Crippen molar-refractivity contribution in [2.75, 3.05) is 18.5 Å². The Bertz CT molecular complexity index is 1410. The number of nitrogens with one attached hydrogen (secondary N) is 1. The lowest BCUT2D eigenvalue weighted by molar-refractivity contribution is -0.147. The van der Waals surface area contributed by atoms with Crippen LogP contribution in [0.3, 0.4) is 0 Å². The Hall–Kier alpha value is -4.13. The molecule has 4 rings (SSSR count). The van der Waals surface area contributed by atoms with Crippen LogP contribution in [0.1, 0.15) is 27.4 Å². The molecule has 2 aromatic heterocycles. The molecule has 1 aliphatic heterocycles. The second-order valence-corrected chi connectivity index (χ2v) is 9.39. The number of hydrogen-bond donors (Lipinski definition) is 1. The van der Waals surface area contributed by atoms with E-state index in [-0.39, 0.29) is 22.2 Å². The van der Waals surface area contributed by atoms with E-state index in [4.69, 9.17) is 4.74 Å². The number of anilines is 1. The van der Waals surface area contributed by atoms with Gasteiger partial charge in [-0.2, -0.15) is 9.78 Å². The fourth-order valence-electron chi connectivity index (χ4n) is 3.42. The molecule has 0 fully saturated rings. The Morgan fingerprint density at radius 1 is 1.03 bits per heavy atom. The summed E-state index contributed by atoms with van der Waals surface area (Å²) in [5.41, 5.74) is 2.00. The van der Waals surface area contributed by atoms with Crippen LogP contribution in [0.5, 0.6) is 0 Å². The normalized spacial score (nSPS) is 14.1. The van der Waals surface area contributed by atoms with Crippen LogP contribution in [-0.4, -0.2) is 63.4 Å². The summed E-state index contributed by atoms with van der Waals surface area (Å²) < 4.78 is 31.7. The van der Waals surface area contributed by atoms with Crippen molar-refractivity contribution in [2.24, 2.45) is 0 Å². The van der Waals surface area contributed by atoms with E-state index in [1.165, 1.54) is 28.9 Å². The largest absolute Gasteiger partial charge is 0.454 e. The number of rotatable bonds is 6. The van der Waals surface area contributed by atoms with E-state index in [0.717, 1.165) is 11.4 Å². The number of ether oxygens (including phenoxy) is 1. The fraction of sp³-hybridized carbons (Fsp3) is 0.238. The molecule has 0 radical (unpaired) electrons. The van der Waals surface area contributed by atoms with Crippen LogP contribution in [0.25, 0.3) is 5.95 Å². The number of hydrogen-bond acceptors (Lipinski definition) is 9. The average molecular weight is 484 g/mol. The minimum absolute atomic E-state index is 0.0229. The molecule has 1 aromatic carbocycles. The monoisotopic (exact) mass is 484 g/mol. The van der Waals surface area contributed by atoms with Crippen molar-refractivity contribution in [1.82, 2.24) is 24.1 Å². The zero-order valence-electron chi connectivity index (χ0n) is 18.5. The Morgan fingerprint density at radius 2 is 1.71 bits per heavy atom. The molecule has 0 aliphatic carbocycles. The number of carbonyl (C=O) groups is 3. The highest BCUT2D eigenvalue weighted by Crippen LogP contribution is 2.29. The van der Waals surface area contributed by atoms with Crippen LogP contribution < -0.4 is 5.32 Å². The average Bonchev–Trinajstić information content (AvgIpc) is 3.22. The molecule has 13 heteroatoms. The summed E-state index contributed by atoms with van der Waals surface area (Å²) in [7, 11) is -4.16. The maximum Gasteiger partial charge on any atom is 0.327 e. The van der Waals surface area contributed by atoms with Gasteiger partial charge in [-0.1, -0.05) is 12.1 Å². The van der Waals surface area contributed by atoms with Gasteiger partial charge in [0.15, 0.2) is 6.61 Å². The molecule has 1 N–H and O–H groups in total. The molecule has 0 saturated carbocycles. The summed E-state index contributed by atoms with van der Waals surface area (Å²) in [6, 6.07) is 9.03. The van der Waals surface area contributed by atoms with Crippen LogP contribution in [-0.2, 0) is 24.3 Å². The maximum absolute atomic E-state index is 12.5. The number of benzene rings is 1. The van der Waals surface area contributed by atoms with Gasteiger partial charge in [0.1, 0.15) is 17.3 Å². The lowest BCUT2D eigenvalue weighted by atomic mass is 10.2. The topological polar surface area (TPSA) is 153 Å². The van der Waals surface area contributed by atoms with Crippen molar-refractivity contribution in [3.05, 3.63) is 59.0 Å². The van der Waals surface area contributed by atoms with E-state index in [0.29, 0.717) is 10.00 Å². The zero-order chi connectivity index (χ0) is 24.6. The van der Waals surface area contributed by atoms with E-state index in [2.05, 4.69) is 20.4 Å². The molecule has 34 heavy (non-hydrogen) atoms. The highest BCUT2D eigenvalue weighted by Gasteiger charge is 2.42. The second kappa shape index (κ2) is 8.67. The van der Waals surface area contributed by atoms with E-state index in [9.17, 15) is 22.8 Å². The summed E-state index contributed by atoms with van der Waals surface area (Å²) in [6.45, 7) is 3.77. The van der Waals surface area contributed by atoms with Gasteiger partial charge in [-0.25, -0.2) is 22.7 Å². The zero-order valence-corrected chi connectivity index (χ0v) is 19.3. The molecule has 0 spiro atoms. The van der Waals surface area contributed by atoms with Gasteiger partial charge in [0.05, 0.1) is 11.3 Å². The molecule has 176 valence electrons. The van der Waals surface area contributed by atoms with Gasteiger partial charge >= 0.3 is 5.97 Å². The van der Waals surface area contributed by atoms with Gasteiger partial charge in [-0.3, -0.25) is 14.4 Å². The van der Waals surface area contributed by atoms with Crippen LogP contribution >= 0.6 is 0 Å². The first-order chi connectivity index (χ1) is 16.1. The van der Waals surface area contributed by atoms with Gasteiger partial charge in [0, 0.05) is 17.5 Å². The standard InChI is InChI=1S/C21H20N6O6S/c1-12-8-13(2)23-21(22-12)27-17(9-14(3)25-27)24-18(28)11-33-19(29)10-26-20(30)15-6-4-5-7-16(15)34(26,31)32/h4-9H,10-11H2,1-3H3,(H,24,28). The fourth-order valence-corrected chi connectivity index (χ4v) is 4.93. The van der Waals surface area contributed by atoms with E-state index < -0.39 is 41.0 Å². The molecule has 3 aromatic rings. The van der Waals surface area contributed by atoms with Gasteiger partial charge in [-0.15, -0.1) is 0 Å². The number of nitrogens with zero attached hydrogens (tertiary/aromatic N) is 5. The molecular formula is C21H20N6O6S. The third kappa shape index (κ3) is 4.37. The lowest BCUT2D eigenvalue weighted by Crippen LogP contribution is -2.36. The maximum atomic E-state index is 12.5. The summed E-state index contributed by atoms with van der Waals surface area (Å²) in [4.78, 5) is 45.4. The van der Waals surface area contributed by atoms with Crippen molar-refractivity contribution in [3.63, 3.8) is 0 Å². The Kier molecular flexibility index (Phi) is 5.87. The number of fused-ring (bicyclic) bond motifs is 1. The second-order valence-electron chi connectivity index (χ2n) is 7.56. The van der Waals surface area contributed by atoms with Crippen molar-refractivity contribution in [3.8, 4) is 5.95 Å². The minimum atomic E-state index is -4.16. The Labute approximate surface area is 194 Å². The van der Waals surface area contributed by atoms with E-state index >= 15 is 0 Å². The van der Waals surface area contributed by atoms with Crippen LogP contribution in [0.4, 0.5) is 5.82 Å². The SMILES string of the molecule is Cc1cc(C)nc(-n2nc(C)cc2NC(=O)COC(=O)CN2C(=O)c3ccccc3S2(=O)=O)n1. The predicted molar refractivity (Wildman–Crippen MR) is 118 cm³/mol. The minimum Gasteiger partial charge on any atom is -0.454 e. The molecule has 2 amide bonds. The number of amides is 2. The molecule has 0 bridgehead atoms. The lowest BCUT2D eigenvalue weighted by Gasteiger charge is -2.14. The number of sulfonamides is 1. The smallest absolute Gasteiger partial charge is 0.327 e. The quantitative estimate of drug-likeness (QED) is 0.503. The highest BCUT2D eigenvalue weighted by atomic mass is 32.2. The first-order valence-corrected chi connectivity index (χ1v) is 11.5. The third-order valence-electron chi connectivity index (χ3n) is 4.81. The molecule has 0 atom stereocenters. The van der Waals surface area contributed by atoms with Crippen LogP contribution in [0.15, 0.2) is 41.3 Å². The molecule has 0 unspecified atom stereocenters. The molecule has 0 saturated heterocycles. The molecular weight excluding hydrogens is 464 g/mol. The number of aromatic nitrogens is 4. The first kappa shape index (κ1) is 23.0. The van der Waals surface area contributed by atoms with E-state index in [1.54, 1.807) is 32.9 Å². The highest BCUT2D eigenvalue weighted by molar-refractivity contribution is 7.90. The number of carbonyl (C=O) groups excluding carboxylic acids is 3. The Morgan fingerprint density at radius 3 is 2.38 bits per heavy atom. The van der Waals surface area contributed by atoms with Crippen LogP contribution in [0, 0.1) is 20.8 Å². The molecule has 3 heterocycles. The van der Waals surface area contributed by atoms with Crippen molar-refractivity contribution in [2.45, 2.75) is 25.7 Å². The molecule has 12 nitrogen and oxygen atoms in total. The summed E-state index contributed by atoms with van der Waals surface area (Å²) >= 11 is 0. The Balaban J connectivity index is 1.40. The van der Waals surface area contributed by atoms with Gasteiger partial charge in [0.2, 0.25) is 0 Å². The molecule has 1 aliphatic rings. The van der Waals surface area contributed by atoms with Crippen molar-refractivity contribution < 1.29 is 27.5 Å². The van der Waals surface area contributed by atoms with Crippen molar-refractivity contribution >= 4 is 33.6 Å². The summed E-state index contributed by atoms with van der Waals surface area (Å²) in [5.74, 6) is -2.06. The third-order valence-corrected chi connectivity index (χ3v) is 6.59. The van der Waals surface area contributed by atoms with Gasteiger partial charge in [0.25, 0.3) is 27.8 Å². The van der Waals surface area contributed by atoms with Crippen LogP contribution in [0.2, 0.25) is 0 Å². The first-order valence-electron chi connectivity index (χ1n) is 10.1. The summed E-state index contributed by atoms with van der Waals surface area (Å²) in [5, 5.41) is 6.84. The van der Waals surface area contributed by atoms with Crippen molar-refractivity contribution in [1.29, 1.82) is 0 Å². The number of esters is 1. The van der Waals surface area contributed by atoms with Gasteiger partial charge < -0.3 is 10.1 Å². The van der Waals surface area contributed by atoms with Gasteiger partial charge in [-0.05, 0) is 39.0 Å². The summed E-state index contributed by atoms with van der Waals surface area (Å²) in [6.07, 6.45) is 0. The predicted octanol–water partition coefficient (Wildman–Crippen LogP) is 0.914. The van der Waals surface area contributed by atoms with E-state index in [1.807, 2.05) is 0 Å².